The predicted molar refractivity (Wildman–Crippen MR) is 94.2 cm³/mol. The van der Waals surface area contributed by atoms with Gasteiger partial charge in [0.2, 0.25) is 5.60 Å². The van der Waals surface area contributed by atoms with Gasteiger partial charge in [-0.15, -0.1) is 4.65 Å². The lowest BCUT2D eigenvalue weighted by molar-refractivity contribution is -1.10. The van der Waals surface area contributed by atoms with Crippen molar-refractivity contribution in [3.63, 3.8) is 0 Å². The summed E-state index contributed by atoms with van der Waals surface area (Å²) in [6.45, 7) is 2.57. The number of carbonyl (C=O) groups is 1. The van der Waals surface area contributed by atoms with E-state index in [1.54, 1.807) is 24.3 Å². The van der Waals surface area contributed by atoms with Crippen molar-refractivity contribution >= 4 is 5.97 Å². The fourth-order valence-corrected chi connectivity index (χ4v) is 4.16. The summed E-state index contributed by atoms with van der Waals surface area (Å²) in [5, 5.41) is 11.5. The van der Waals surface area contributed by atoms with Gasteiger partial charge in [-0.3, -0.25) is 4.84 Å². The Morgan fingerprint density at radius 1 is 0.880 bits per heavy atom. The number of fused-ring (bicyclic) bond motifs is 3. The van der Waals surface area contributed by atoms with Crippen molar-refractivity contribution in [3.8, 4) is 0 Å². The summed E-state index contributed by atoms with van der Waals surface area (Å²) in [5.41, 5.74) is -0.711. The Kier molecular flexibility index (Phi) is 4.10. The molecular formula is C21H24NO3+. The molecule has 1 N–H and O–H groups in total. The van der Waals surface area contributed by atoms with Crippen molar-refractivity contribution in [2.45, 2.75) is 24.9 Å². The van der Waals surface area contributed by atoms with E-state index >= 15 is 0 Å². The summed E-state index contributed by atoms with van der Waals surface area (Å²) in [4.78, 5) is 19.2. The fourth-order valence-electron chi connectivity index (χ4n) is 4.16. The van der Waals surface area contributed by atoms with Crippen LogP contribution in [0.3, 0.4) is 0 Å². The number of aliphatic hydroxyl groups is 1. The first-order valence-electron chi connectivity index (χ1n) is 9.06. The highest BCUT2D eigenvalue weighted by atomic mass is 16.8. The highest BCUT2D eigenvalue weighted by Crippen LogP contribution is 2.37. The maximum absolute atomic E-state index is 13.2. The van der Waals surface area contributed by atoms with E-state index in [0.29, 0.717) is 15.8 Å². The molecule has 0 aliphatic carbocycles. The topological polar surface area (TPSA) is 46.5 Å². The number of quaternary nitrogens is 1. The van der Waals surface area contributed by atoms with E-state index < -0.39 is 11.6 Å². The molecule has 0 spiro atoms. The monoisotopic (exact) mass is 338 g/mol. The number of hydrogen-bond donors (Lipinski definition) is 1. The quantitative estimate of drug-likeness (QED) is 0.872. The first-order chi connectivity index (χ1) is 12.1. The zero-order chi connectivity index (χ0) is 17.3. The molecule has 0 unspecified atom stereocenters. The van der Waals surface area contributed by atoms with Gasteiger partial charge in [-0.05, 0) is 17.0 Å². The molecule has 0 aromatic heterocycles. The first-order valence-corrected chi connectivity index (χ1v) is 9.06. The second-order valence-corrected chi connectivity index (χ2v) is 7.28. The molecule has 0 radical (unpaired) electrons. The van der Waals surface area contributed by atoms with Gasteiger partial charge in [-0.1, -0.05) is 60.7 Å². The van der Waals surface area contributed by atoms with Crippen LogP contribution in [-0.4, -0.2) is 35.4 Å². The Morgan fingerprint density at radius 3 is 1.76 bits per heavy atom. The summed E-state index contributed by atoms with van der Waals surface area (Å²) in [6, 6.07) is 18.2. The van der Waals surface area contributed by atoms with E-state index in [1.807, 2.05) is 36.4 Å². The van der Waals surface area contributed by atoms with Gasteiger partial charge < -0.3 is 5.11 Å². The molecule has 3 saturated heterocycles. The average molecular weight is 338 g/mol. The van der Waals surface area contributed by atoms with Crippen LogP contribution >= 0.6 is 0 Å². The molecular weight excluding hydrogens is 314 g/mol. The summed E-state index contributed by atoms with van der Waals surface area (Å²) >= 11 is 0. The zero-order valence-electron chi connectivity index (χ0n) is 14.3. The standard InChI is InChI=1S/C21H24NO3/c23-20(25-22-14-11-17(12-15-22)13-16-22)21(24,18-7-3-1-4-8-18)19-9-5-2-6-10-19/h1-10,17,24H,11-16H2/q+1. The summed E-state index contributed by atoms with van der Waals surface area (Å²) in [5.74, 6) is 0.200. The number of hydroxylamine groups is 3. The smallest absolute Gasteiger partial charge is 0.370 e. The minimum atomic E-state index is -1.79. The zero-order valence-corrected chi connectivity index (χ0v) is 14.3. The molecule has 0 atom stereocenters. The van der Waals surface area contributed by atoms with E-state index in [4.69, 9.17) is 4.84 Å². The van der Waals surface area contributed by atoms with Crippen LogP contribution in [0.15, 0.2) is 60.7 Å². The van der Waals surface area contributed by atoms with Crippen molar-refractivity contribution in [3.05, 3.63) is 71.8 Å². The van der Waals surface area contributed by atoms with Gasteiger partial charge >= 0.3 is 5.97 Å². The number of rotatable bonds is 4. The minimum Gasteiger partial charge on any atom is -0.370 e. The molecule has 0 amide bonds. The van der Waals surface area contributed by atoms with E-state index in [0.717, 1.165) is 44.8 Å². The number of hydrogen-bond acceptors (Lipinski definition) is 3. The highest BCUT2D eigenvalue weighted by Gasteiger charge is 2.50. The van der Waals surface area contributed by atoms with E-state index in [-0.39, 0.29) is 0 Å². The summed E-state index contributed by atoms with van der Waals surface area (Å²) in [6.07, 6.45) is 3.30. The normalized spacial score (nSPS) is 25.6. The lowest BCUT2D eigenvalue weighted by Crippen LogP contribution is -2.60. The highest BCUT2D eigenvalue weighted by molar-refractivity contribution is 5.85. The average Bonchev–Trinajstić information content (AvgIpc) is 2.69. The molecule has 25 heavy (non-hydrogen) atoms. The predicted octanol–water partition coefficient (Wildman–Crippen LogP) is 3.01. The lowest BCUT2D eigenvalue weighted by Gasteiger charge is -2.46. The van der Waals surface area contributed by atoms with Crippen LogP contribution in [0.1, 0.15) is 30.4 Å². The van der Waals surface area contributed by atoms with Crippen LogP contribution in [0.5, 0.6) is 0 Å². The van der Waals surface area contributed by atoms with Gasteiger partial charge in [-0.25, -0.2) is 4.79 Å². The molecule has 130 valence electrons. The van der Waals surface area contributed by atoms with Crippen LogP contribution in [0, 0.1) is 5.92 Å². The number of piperidine rings is 3. The second kappa shape index (κ2) is 6.28. The van der Waals surface area contributed by atoms with E-state index in [9.17, 15) is 9.90 Å². The van der Waals surface area contributed by atoms with Crippen LogP contribution < -0.4 is 0 Å². The first kappa shape index (κ1) is 16.3. The SMILES string of the molecule is O=C(O[N+]12CCC(CC1)CC2)C(O)(c1ccccc1)c1ccccc1. The lowest BCUT2D eigenvalue weighted by atomic mass is 9.86. The number of carbonyl (C=O) groups excluding carboxylic acids is 1. The van der Waals surface area contributed by atoms with Gasteiger partial charge in [0.05, 0.1) is 0 Å². The Morgan fingerprint density at radius 2 is 1.32 bits per heavy atom. The van der Waals surface area contributed by atoms with Crippen molar-refractivity contribution in [1.82, 2.24) is 0 Å². The van der Waals surface area contributed by atoms with Crippen molar-refractivity contribution in [1.29, 1.82) is 0 Å². The molecule has 3 aliphatic rings. The minimum absolute atomic E-state index is 0.358. The van der Waals surface area contributed by atoms with Gasteiger partial charge in [0.15, 0.2) is 0 Å². The van der Waals surface area contributed by atoms with Crippen molar-refractivity contribution in [2.75, 3.05) is 19.6 Å². The fraction of sp³-hybridized carbons (Fsp3) is 0.381. The number of nitrogens with zero attached hydrogens (tertiary/aromatic N) is 1. The van der Waals surface area contributed by atoms with Crippen LogP contribution in [0.4, 0.5) is 0 Å². The summed E-state index contributed by atoms with van der Waals surface area (Å²) < 4.78 is 0.358. The van der Waals surface area contributed by atoms with Crippen LogP contribution in [0.25, 0.3) is 0 Å². The molecule has 2 aromatic carbocycles. The third-order valence-electron chi connectivity index (χ3n) is 5.79. The maximum atomic E-state index is 13.2. The van der Waals surface area contributed by atoms with E-state index in [1.165, 1.54) is 0 Å². The van der Waals surface area contributed by atoms with Crippen LogP contribution in [-0.2, 0) is 15.2 Å². The second-order valence-electron chi connectivity index (χ2n) is 7.28. The number of benzene rings is 2. The molecule has 5 rings (SSSR count). The molecule has 0 saturated carbocycles. The Hall–Kier alpha value is -2.17. The van der Waals surface area contributed by atoms with Gasteiger partial charge in [-0.2, -0.15) is 0 Å². The molecule has 2 aromatic rings. The van der Waals surface area contributed by atoms with Gasteiger partial charge in [0, 0.05) is 19.3 Å². The molecule has 2 bridgehead atoms. The van der Waals surface area contributed by atoms with Crippen LogP contribution in [0.2, 0.25) is 0 Å². The van der Waals surface area contributed by atoms with Crippen molar-refractivity contribution in [2.24, 2.45) is 5.92 Å². The summed E-state index contributed by atoms with van der Waals surface area (Å²) in [7, 11) is 0. The van der Waals surface area contributed by atoms with Gasteiger partial charge in [0.25, 0.3) is 0 Å². The largest absolute Gasteiger partial charge is 0.407 e. The Labute approximate surface area is 148 Å². The molecule has 3 fully saturated rings. The van der Waals surface area contributed by atoms with E-state index in [2.05, 4.69) is 0 Å². The van der Waals surface area contributed by atoms with Crippen molar-refractivity contribution < 1.29 is 19.4 Å². The Bertz CT molecular complexity index is 683. The molecule has 3 heterocycles. The van der Waals surface area contributed by atoms with Gasteiger partial charge in [0.1, 0.15) is 19.6 Å². The Balaban J connectivity index is 1.70. The molecule has 3 aliphatic heterocycles. The molecule has 4 heteroatoms. The third-order valence-corrected chi connectivity index (χ3v) is 5.79. The molecule has 4 nitrogen and oxygen atoms in total. The third kappa shape index (κ3) is 2.86. The maximum Gasteiger partial charge on any atom is 0.407 e.